The van der Waals surface area contributed by atoms with Crippen molar-refractivity contribution in [3.8, 4) is 0 Å². The van der Waals surface area contributed by atoms with Crippen molar-refractivity contribution in [1.82, 2.24) is 0 Å². The molecule has 0 bridgehead atoms. The molecule has 0 saturated heterocycles. The third-order valence-corrected chi connectivity index (χ3v) is 7.35. The number of nitrogens with zero attached hydrogens (tertiary/aromatic N) is 1. The zero-order valence-corrected chi connectivity index (χ0v) is 22.5. The zero-order chi connectivity index (χ0) is 19.4. The van der Waals surface area contributed by atoms with Gasteiger partial charge in [0, 0.05) is 0 Å². The van der Waals surface area contributed by atoms with Crippen LogP contribution in [0, 0.1) is 22.3 Å². The van der Waals surface area contributed by atoms with E-state index in [9.17, 15) is 4.57 Å². The predicted molar refractivity (Wildman–Crippen MR) is 138 cm³/mol. The number of rotatable bonds is 6. The first-order valence-electron chi connectivity index (χ1n) is 9.52. The molecule has 0 aliphatic carbocycles. The number of benzene rings is 3. The van der Waals surface area contributed by atoms with E-state index in [1.54, 1.807) is 0 Å². The fraction of sp³-hybridized carbons (Fsp3) is 0.222. The van der Waals surface area contributed by atoms with Crippen molar-refractivity contribution in [1.29, 1.82) is 0 Å². The van der Waals surface area contributed by atoms with Crippen LogP contribution in [0.4, 0.5) is 5.69 Å². The minimum absolute atomic E-state index is 0. The Hall–Kier alpha value is -1.60. The van der Waals surface area contributed by atoms with Gasteiger partial charge < -0.3 is 31.9 Å². The quantitative estimate of drug-likeness (QED) is 0.151. The molecular formula is C27H37NOPTi. The van der Waals surface area contributed by atoms with E-state index in [-0.39, 0.29) is 44.0 Å². The SMILES string of the molecule is CC(C)c1cccc(C(C)C)c1[N-]P(=[OH+])(c1ccccc1)c1ccccc1.[CH3-].[CH3-].[CH3-].[Ti+3]. The Balaban J connectivity index is 0. The second-order valence-corrected chi connectivity index (χ2v) is 9.90. The summed E-state index contributed by atoms with van der Waals surface area (Å²) in [7, 11) is -2.90. The Labute approximate surface area is 206 Å². The topological polar surface area (TPSA) is 35.5 Å². The van der Waals surface area contributed by atoms with Gasteiger partial charge in [-0.1, -0.05) is 93.4 Å². The largest absolute Gasteiger partial charge is 3.00 e. The van der Waals surface area contributed by atoms with Gasteiger partial charge in [0.25, 0.3) is 0 Å². The Bertz CT molecular complexity index is 870. The Morgan fingerprint density at radius 3 is 1.29 bits per heavy atom. The molecule has 4 heteroatoms. The molecule has 0 saturated carbocycles. The van der Waals surface area contributed by atoms with Crippen LogP contribution in [0.2, 0.25) is 0 Å². The molecule has 165 valence electrons. The third kappa shape index (κ3) is 6.94. The Kier molecular flexibility index (Phi) is 14.0. The second-order valence-electron chi connectivity index (χ2n) is 7.47. The fourth-order valence-electron chi connectivity index (χ4n) is 3.31. The van der Waals surface area contributed by atoms with Gasteiger partial charge in [0.05, 0.1) is 10.6 Å². The summed E-state index contributed by atoms with van der Waals surface area (Å²) in [5.41, 5.74) is 3.32. The Morgan fingerprint density at radius 2 is 0.968 bits per heavy atom. The van der Waals surface area contributed by atoms with E-state index in [2.05, 4.69) is 45.9 Å². The minimum Gasteiger partial charge on any atom is -0.576 e. The molecular weight excluding hydrogens is 433 g/mol. The summed E-state index contributed by atoms with van der Waals surface area (Å²) in [5, 5.41) is 6.90. The first-order chi connectivity index (χ1) is 12.9. The van der Waals surface area contributed by atoms with Crippen molar-refractivity contribution in [3.05, 3.63) is 117 Å². The van der Waals surface area contributed by atoms with Gasteiger partial charge in [-0.25, -0.2) is 0 Å². The van der Waals surface area contributed by atoms with E-state index < -0.39 is 7.29 Å². The first-order valence-corrected chi connectivity index (χ1v) is 11.2. The van der Waals surface area contributed by atoms with E-state index in [4.69, 9.17) is 5.09 Å². The average Bonchev–Trinajstić information content (AvgIpc) is 2.69. The van der Waals surface area contributed by atoms with Gasteiger partial charge in [-0.05, 0) is 36.1 Å². The van der Waals surface area contributed by atoms with E-state index in [1.807, 2.05) is 60.7 Å². The number of hydrogen-bond acceptors (Lipinski definition) is 0. The molecule has 3 aromatic rings. The molecule has 0 atom stereocenters. The second kappa shape index (κ2) is 13.7. The molecule has 3 aromatic carbocycles. The van der Waals surface area contributed by atoms with Crippen molar-refractivity contribution >= 4 is 23.6 Å². The minimum atomic E-state index is -2.90. The van der Waals surface area contributed by atoms with Crippen LogP contribution in [0.3, 0.4) is 0 Å². The molecule has 3 rings (SSSR count). The third-order valence-electron chi connectivity index (χ3n) is 4.82. The maximum Gasteiger partial charge on any atom is 3.00 e. The van der Waals surface area contributed by atoms with Gasteiger partial charge in [0.15, 0.2) is 0 Å². The van der Waals surface area contributed by atoms with Crippen LogP contribution < -0.4 is 10.6 Å². The summed E-state index contributed by atoms with van der Waals surface area (Å²) in [6.07, 6.45) is 0. The van der Waals surface area contributed by atoms with Gasteiger partial charge in [-0.3, -0.25) is 0 Å². The van der Waals surface area contributed by atoms with Crippen molar-refractivity contribution in [2.24, 2.45) is 0 Å². The zero-order valence-electron chi connectivity index (χ0n) is 20.0. The van der Waals surface area contributed by atoms with Crippen LogP contribution in [0.25, 0.3) is 5.09 Å². The molecule has 0 aliphatic heterocycles. The fourth-order valence-corrected chi connectivity index (χ4v) is 5.53. The molecule has 0 amide bonds. The summed E-state index contributed by atoms with van der Waals surface area (Å²) in [5.74, 6) is 0.671. The van der Waals surface area contributed by atoms with Crippen molar-refractivity contribution < 1.29 is 26.3 Å². The van der Waals surface area contributed by atoms with Gasteiger partial charge in [0.2, 0.25) is 7.29 Å². The summed E-state index contributed by atoms with van der Waals surface area (Å²) in [4.78, 5) is 0. The molecule has 0 aromatic heterocycles. The molecule has 0 heterocycles. The first kappa shape index (κ1) is 31.6. The normalized spacial score (nSPS) is 10.3. The van der Waals surface area contributed by atoms with Gasteiger partial charge in [-0.15, -0.1) is 5.69 Å². The molecule has 0 unspecified atom stereocenters. The van der Waals surface area contributed by atoms with Gasteiger partial charge in [-0.2, -0.15) is 0 Å². The molecule has 1 radical (unpaired) electrons. The molecule has 0 spiro atoms. The van der Waals surface area contributed by atoms with Crippen LogP contribution in [0.1, 0.15) is 50.7 Å². The van der Waals surface area contributed by atoms with Gasteiger partial charge in [0.1, 0.15) is 0 Å². The van der Waals surface area contributed by atoms with Crippen LogP contribution in [-0.4, -0.2) is 4.57 Å². The molecule has 31 heavy (non-hydrogen) atoms. The van der Waals surface area contributed by atoms with Crippen molar-refractivity contribution in [3.63, 3.8) is 0 Å². The molecule has 0 aliphatic rings. The summed E-state index contributed by atoms with van der Waals surface area (Å²) in [6.45, 7) is 8.73. The van der Waals surface area contributed by atoms with Crippen molar-refractivity contribution in [2.75, 3.05) is 0 Å². The van der Waals surface area contributed by atoms with Gasteiger partial charge >= 0.3 is 21.7 Å². The van der Waals surface area contributed by atoms with E-state index in [1.165, 1.54) is 11.1 Å². The van der Waals surface area contributed by atoms with E-state index in [0.29, 0.717) is 11.8 Å². The summed E-state index contributed by atoms with van der Waals surface area (Å²) < 4.78 is 12.0. The standard InChI is InChI=1S/C24H27NOP.3CH3.Ti/c1-18(2)22-16-11-17-23(19(3)4)24(22)25-27(26,20-12-7-5-8-13-20)21-14-9-6-10-15-21;;;;/h5-19H,1-4H3;3*1H3;/q4*-1;+3/p+1. The van der Waals surface area contributed by atoms with Crippen LogP contribution in [0.15, 0.2) is 78.9 Å². The monoisotopic (exact) mass is 470 g/mol. The smallest absolute Gasteiger partial charge is 0.576 e. The summed E-state index contributed by atoms with van der Waals surface area (Å²) >= 11 is 0. The molecule has 1 N–H and O–H groups in total. The average molecular weight is 470 g/mol. The predicted octanol–water partition coefficient (Wildman–Crippen LogP) is 8.16. The van der Waals surface area contributed by atoms with Crippen LogP contribution >= 0.6 is 7.29 Å². The maximum atomic E-state index is 12.0. The maximum absolute atomic E-state index is 12.0. The van der Waals surface area contributed by atoms with Crippen LogP contribution in [-0.2, 0) is 21.7 Å². The van der Waals surface area contributed by atoms with Crippen LogP contribution in [0.5, 0.6) is 0 Å². The molecule has 2 nitrogen and oxygen atoms in total. The molecule has 0 fully saturated rings. The van der Waals surface area contributed by atoms with E-state index in [0.717, 1.165) is 16.3 Å². The van der Waals surface area contributed by atoms with Crippen molar-refractivity contribution in [2.45, 2.75) is 39.5 Å². The Morgan fingerprint density at radius 1 is 0.613 bits per heavy atom. The van der Waals surface area contributed by atoms with E-state index >= 15 is 0 Å². The summed E-state index contributed by atoms with van der Waals surface area (Å²) in [6, 6.07) is 26.1. The number of hydrogen-bond donors (Lipinski definition) is 0.